The fourth-order valence-electron chi connectivity index (χ4n) is 4.03. The quantitative estimate of drug-likeness (QED) is 0.769. The Labute approximate surface area is 171 Å². The third-order valence-electron chi connectivity index (χ3n) is 5.72. The minimum atomic E-state index is -0.434. The van der Waals surface area contributed by atoms with Crippen LogP contribution in [0.3, 0.4) is 0 Å². The predicted molar refractivity (Wildman–Crippen MR) is 111 cm³/mol. The molecule has 0 spiro atoms. The van der Waals surface area contributed by atoms with Crippen LogP contribution in [0.2, 0.25) is 0 Å². The fraction of sp³-hybridized carbons (Fsp3) is 0.500. The summed E-state index contributed by atoms with van der Waals surface area (Å²) in [6.07, 6.45) is 0. The smallest absolute Gasteiger partial charge is 0.259 e. The molecule has 2 aromatic rings. The van der Waals surface area contributed by atoms with Crippen molar-refractivity contribution in [2.75, 3.05) is 46.4 Å². The third-order valence-corrected chi connectivity index (χ3v) is 5.72. The number of halogens is 1. The van der Waals surface area contributed by atoms with E-state index in [1.54, 1.807) is 36.8 Å². The normalized spacial score (nSPS) is 16.8. The van der Waals surface area contributed by atoms with Gasteiger partial charge in [-0.05, 0) is 37.2 Å². The second-order valence-corrected chi connectivity index (χ2v) is 7.46. The van der Waals surface area contributed by atoms with Crippen molar-refractivity contribution in [3.63, 3.8) is 0 Å². The number of aryl methyl sites for hydroxylation is 1. The lowest BCUT2D eigenvalue weighted by Crippen LogP contribution is -2.48. The standard InChI is InChI=1S/C22H30FN3O3/c1-4-24-9-11-25(12-10-24)21(17-5-7-18(23)8-6-17)20-19(27)15-16(2)26(22(20)28)13-14-29-3/h5-8,15,21,27H,4,9-14H2,1-3H3/t21-/m0/s1. The van der Waals surface area contributed by atoms with E-state index in [-0.39, 0.29) is 17.1 Å². The first kappa shape index (κ1) is 21.5. The number of hydrogen-bond donors (Lipinski definition) is 1. The first-order valence-electron chi connectivity index (χ1n) is 10.1. The van der Waals surface area contributed by atoms with Crippen molar-refractivity contribution in [3.8, 4) is 5.75 Å². The minimum Gasteiger partial charge on any atom is -0.507 e. The van der Waals surface area contributed by atoms with Gasteiger partial charge in [-0.25, -0.2) is 4.39 Å². The molecule has 1 N–H and O–H groups in total. The Balaban J connectivity index is 2.09. The molecule has 1 atom stereocenters. The highest BCUT2D eigenvalue weighted by molar-refractivity contribution is 5.41. The van der Waals surface area contributed by atoms with Crippen molar-refractivity contribution in [1.82, 2.24) is 14.4 Å². The fourth-order valence-corrected chi connectivity index (χ4v) is 4.03. The number of methoxy groups -OCH3 is 1. The molecular formula is C22H30FN3O3. The monoisotopic (exact) mass is 403 g/mol. The van der Waals surface area contributed by atoms with Crippen LogP contribution in [0.4, 0.5) is 4.39 Å². The zero-order chi connectivity index (χ0) is 21.0. The maximum absolute atomic E-state index is 13.6. The molecule has 0 radical (unpaired) electrons. The second kappa shape index (κ2) is 9.52. The Kier molecular flexibility index (Phi) is 7.05. The number of pyridine rings is 1. The Morgan fingerprint density at radius 3 is 2.41 bits per heavy atom. The van der Waals surface area contributed by atoms with E-state index in [1.807, 2.05) is 0 Å². The van der Waals surface area contributed by atoms with E-state index in [9.17, 15) is 14.3 Å². The summed E-state index contributed by atoms with van der Waals surface area (Å²) in [5.41, 5.74) is 1.59. The summed E-state index contributed by atoms with van der Waals surface area (Å²) >= 11 is 0. The lowest BCUT2D eigenvalue weighted by molar-refractivity contribution is 0.111. The van der Waals surface area contributed by atoms with Crippen LogP contribution in [0, 0.1) is 12.7 Å². The largest absolute Gasteiger partial charge is 0.507 e. The number of aromatic nitrogens is 1. The van der Waals surface area contributed by atoms with Gasteiger partial charge in [-0.3, -0.25) is 9.69 Å². The molecule has 0 unspecified atom stereocenters. The summed E-state index contributed by atoms with van der Waals surface area (Å²) < 4.78 is 20.3. The van der Waals surface area contributed by atoms with Crippen molar-refractivity contribution in [2.45, 2.75) is 26.4 Å². The number of nitrogens with zero attached hydrogens (tertiary/aromatic N) is 3. The lowest BCUT2D eigenvalue weighted by atomic mass is 9.96. The molecule has 1 aliphatic rings. The highest BCUT2D eigenvalue weighted by atomic mass is 19.1. The topological polar surface area (TPSA) is 57.9 Å². The highest BCUT2D eigenvalue weighted by Crippen LogP contribution is 2.33. The molecule has 1 aliphatic heterocycles. The van der Waals surface area contributed by atoms with E-state index in [0.29, 0.717) is 24.4 Å². The van der Waals surface area contributed by atoms with Gasteiger partial charge in [0, 0.05) is 45.5 Å². The van der Waals surface area contributed by atoms with Crippen molar-refractivity contribution in [3.05, 3.63) is 63.3 Å². The van der Waals surface area contributed by atoms with E-state index in [4.69, 9.17) is 4.74 Å². The second-order valence-electron chi connectivity index (χ2n) is 7.46. The van der Waals surface area contributed by atoms with Crippen LogP contribution < -0.4 is 5.56 Å². The first-order chi connectivity index (χ1) is 14.0. The van der Waals surface area contributed by atoms with Gasteiger partial charge in [0.1, 0.15) is 11.6 Å². The van der Waals surface area contributed by atoms with Gasteiger partial charge in [-0.2, -0.15) is 0 Å². The number of aromatic hydroxyl groups is 1. The molecule has 158 valence electrons. The molecule has 2 heterocycles. The molecular weight excluding hydrogens is 373 g/mol. The van der Waals surface area contributed by atoms with Gasteiger partial charge in [-0.15, -0.1) is 0 Å². The van der Waals surface area contributed by atoms with Crippen molar-refractivity contribution in [2.24, 2.45) is 0 Å². The van der Waals surface area contributed by atoms with Gasteiger partial charge in [0.05, 0.1) is 18.2 Å². The van der Waals surface area contributed by atoms with Crippen LogP contribution in [0.1, 0.15) is 29.8 Å². The van der Waals surface area contributed by atoms with Gasteiger partial charge in [0.15, 0.2) is 0 Å². The molecule has 29 heavy (non-hydrogen) atoms. The molecule has 1 saturated heterocycles. The summed E-state index contributed by atoms with van der Waals surface area (Å²) in [5, 5.41) is 10.8. The Hall–Kier alpha value is -2.22. The molecule has 3 rings (SSSR count). The molecule has 0 amide bonds. The van der Waals surface area contributed by atoms with Crippen LogP contribution in [-0.2, 0) is 11.3 Å². The van der Waals surface area contributed by atoms with Crippen LogP contribution in [0.15, 0.2) is 35.1 Å². The summed E-state index contributed by atoms with van der Waals surface area (Å²) in [7, 11) is 1.59. The molecule has 1 aromatic heterocycles. The molecule has 1 aromatic carbocycles. The van der Waals surface area contributed by atoms with Gasteiger partial charge in [-0.1, -0.05) is 19.1 Å². The molecule has 0 saturated carbocycles. The lowest BCUT2D eigenvalue weighted by Gasteiger charge is -2.39. The average molecular weight is 403 g/mol. The van der Waals surface area contributed by atoms with Gasteiger partial charge >= 0.3 is 0 Å². The maximum Gasteiger partial charge on any atom is 0.259 e. The minimum absolute atomic E-state index is 0.0200. The number of hydrogen-bond acceptors (Lipinski definition) is 5. The van der Waals surface area contributed by atoms with E-state index in [2.05, 4.69) is 16.7 Å². The maximum atomic E-state index is 13.6. The van der Waals surface area contributed by atoms with E-state index >= 15 is 0 Å². The zero-order valence-corrected chi connectivity index (χ0v) is 17.4. The Morgan fingerprint density at radius 1 is 1.17 bits per heavy atom. The summed E-state index contributed by atoms with van der Waals surface area (Å²) in [4.78, 5) is 17.9. The van der Waals surface area contributed by atoms with Crippen LogP contribution in [0.5, 0.6) is 5.75 Å². The van der Waals surface area contributed by atoms with Crippen LogP contribution in [0.25, 0.3) is 0 Å². The van der Waals surface area contributed by atoms with E-state index in [1.165, 1.54) is 12.1 Å². The number of likely N-dealkylation sites (N-methyl/N-ethyl adjacent to an activating group) is 1. The van der Waals surface area contributed by atoms with Crippen molar-refractivity contribution >= 4 is 0 Å². The summed E-state index contributed by atoms with van der Waals surface area (Å²) in [6.45, 7) is 9.03. The molecule has 1 fully saturated rings. The molecule has 7 heteroatoms. The van der Waals surface area contributed by atoms with E-state index < -0.39 is 6.04 Å². The molecule has 6 nitrogen and oxygen atoms in total. The molecule has 0 aliphatic carbocycles. The predicted octanol–water partition coefficient (Wildman–Crippen LogP) is 2.37. The van der Waals surface area contributed by atoms with E-state index in [0.717, 1.165) is 38.3 Å². The van der Waals surface area contributed by atoms with Crippen LogP contribution >= 0.6 is 0 Å². The number of ether oxygens (including phenoxy) is 1. The van der Waals surface area contributed by atoms with Crippen LogP contribution in [-0.4, -0.2) is 65.9 Å². The van der Waals surface area contributed by atoms with Gasteiger partial charge < -0.3 is 19.3 Å². The summed E-state index contributed by atoms with van der Waals surface area (Å²) in [6, 6.07) is 7.40. The zero-order valence-electron chi connectivity index (χ0n) is 17.4. The number of benzene rings is 1. The van der Waals surface area contributed by atoms with Gasteiger partial charge in [0.25, 0.3) is 5.56 Å². The molecule has 0 bridgehead atoms. The Bertz CT molecular complexity index is 874. The highest BCUT2D eigenvalue weighted by Gasteiger charge is 2.31. The third kappa shape index (κ3) is 4.69. The summed E-state index contributed by atoms with van der Waals surface area (Å²) in [5.74, 6) is -0.345. The number of piperazine rings is 1. The first-order valence-corrected chi connectivity index (χ1v) is 10.1. The Morgan fingerprint density at radius 2 is 1.83 bits per heavy atom. The average Bonchev–Trinajstić information content (AvgIpc) is 2.72. The van der Waals surface area contributed by atoms with Gasteiger partial charge in [0.2, 0.25) is 0 Å². The van der Waals surface area contributed by atoms with Crippen molar-refractivity contribution < 1.29 is 14.2 Å². The SMILES string of the molecule is CCN1CCN([C@@H](c2ccc(F)cc2)c2c(O)cc(C)n(CCOC)c2=O)CC1. The van der Waals surface area contributed by atoms with Crippen molar-refractivity contribution in [1.29, 1.82) is 0 Å². The number of rotatable bonds is 7.